The van der Waals surface area contributed by atoms with E-state index >= 15 is 4.39 Å². The number of H-pyrrole nitrogens is 1. The zero-order chi connectivity index (χ0) is 21.0. The molecule has 2 saturated carbocycles. The minimum Gasteiger partial charge on any atom is -0.369 e. The molecule has 0 bridgehead atoms. The van der Waals surface area contributed by atoms with Crippen LogP contribution in [0, 0.1) is 30.0 Å². The summed E-state index contributed by atoms with van der Waals surface area (Å²) in [6.07, 6.45) is 5.43. The highest BCUT2D eigenvalue weighted by Gasteiger charge is 2.51. The molecule has 0 amide bonds. The molecule has 1 atom stereocenters. The number of fused-ring (bicyclic) bond motifs is 1. The Morgan fingerprint density at radius 2 is 2.10 bits per heavy atom. The van der Waals surface area contributed by atoms with Gasteiger partial charge in [-0.2, -0.15) is 5.26 Å². The Hall–Kier alpha value is -2.66. The highest BCUT2D eigenvalue weighted by atomic mass is 19.1. The van der Waals surface area contributed by atoms with Crippen LogP contribution in [0.2, 0.25) is 0 Å². The van der Waals surface area contributed by atoms with E-state index in [0.717, 1.165) is 45.2 Å². The molecule has 1 aromatic heterocycles. The Bertz CT molecular complexity index is 1170. The quantitative estimate of drug-likeness (QED) is 0.712. The van der Waals surface area contributed by atoms with Crippen LogP contribution in [0.25, 0.3) is 10.9 Å². The lowest BCUT2D eigenvalue weighted by Crippen LogP contribution is -2.40. The predicted octanol–water partition coefficient (Wildman–Crippen LogP) is 2.33. The second kappa shape index (κ2) is 6.95. The highest BCUT2D eigenvalue weighted by Crippen LogP contribution is 2.47. The second-order valence-electron chi connectivity index (χ2n) is 9.01. The summed E-state index contributed by atoms with van der Waals surface area (Å²) in [5, 5.41) is 12.6. The van der Waals surface area contributed by atoms with Crippen LogP contribution in [0.3, 0.4) is 0 Å². The van der Waals surface area contributed by atoms with Gasteiger partial charge in [0.15, 0.2) is 0 Å². The van der Waals surface area contributed by atoms with E-state index in [1.807, 2.05) is 6.92 Å². The summed E-state index contributed by atoms with van der Waals surface area (Å²) < 4.78 is 16.9. The van der Waals surface area contributed by atoms with Gasteiger partial charge in [0.05, 0.1) is 22.7 Å². The minimum absolute atomic E-state index is 0.0695. The molecule has 5 rings (SSSR count). The van der Waals surface area contributed by atoms with Gasteiger partial charge in [0.2, 0.25) is 0 Å². The number of hydrogen-bond acceptors (Lipinski definition) is 5. The molecule has 1 aliphatic heterocycles. The monoisotopic (exact) mass is 411 g/mol. The zero-order valence-corrected chi connectivity index (χ0v) is 17.1. The zero-order valence-electron chi connectivity index (χ0n) is 17.1. The van der Waals surface area contributed by atoms with Crippen molar-refractivity contribution in [2.75, 3.05) is 24.5 Å². The molecule has 2 N–H and O–H groups in total. The first-order chi connectivity index (χ1) is 14.4. The molecule has 0 radical (unpaired) electrons. The number of benzene rings is 1. The number of nitriles is 1. The van der Waals surface area contributed by atoms with Gasteiger partial charge in [-0.1, -0.05) is 0 Å². The third-order valence-corrected chi connectivity index (χ3v) is 7.09. The number of halogens is 1. The predicted molar refractivity (Wildman–Crippen MR) is 112 cm³/mol. The van der Waals surface area contributed by atoms with Gasteiger partial charge in [0, 0.05) is 43.2 Å². The van der Waals surface area contributed by atoms with Gasteiger partial charge in [-0.05, 0) is 51.0 Å². The second-order valence-corrected chi connectivity index (χ2v) is 9.01. The summed E-state index contributed by atoms with van der Waals surface area (Å²) in [5.41, 5.74) is 0.881. The molecule has 0 spiro atoms. The molecule has 1 saturated heterocycles. The summed E-state index contributed by atoms with van der Waals surface area (Å²) in [4.78, 5) is 29.3. The van der Waals surface area contributed by atoms with E-state index in [0.29, 0.717) is 35.7 Å². The van der Waals surface area contributed by atoms with Crippen LogP contribution in [0.4, 0.5) is 10.1 Å². The molecule has 2 aliphatic carbocycles. The lowest BCUT2D eigenvalue weighted by atomic mass is 9.96. The van der Waals surface area contributed by atoms with Gasteiger partial charge in [-0.15, -0.1) is 0 Å². The normalized spacial score (nSPS) is 22.4. The van der Waals surface area contributed by atoms with Gasteiger partial charge < -0.3 is 10.2 Å². The standard InChI is InChI=1S/C22H26FN5O2/c1-13-18-16(20(29)26-21(30)28(18)15-3-4-15)11-17(23)19(13)27-10-5-14(12-27)22(6-7-22)25-9-2-8-24/h11,14-15,25H,2-7,9-10,12H2,1H3,(H,26,29,30). The van der Waals surface area contributed by atoms with E-state index in [1.165, 1.54) is 6.07 Å². The third kappa shape index (κ3) is 3.03. The summed E-state index contributed by atoms with van der Waals surface area (Å²) in [7, 11) is 0. The number of aromatic nitrogens is 2. The number of rotatable bonds is 6. The maximum absolute atomic E-state index is 15.2. The fourth-order valence-electron chi connectivity index (χ4n) is 5.28. The average Bonchev–Trinajstić information content (AvgIpc) is 3.63. The van der Waals surface area contributed by atoms with Crippen molar-refractivity contribution in [3.63, 3.8) is 0 Å². The lowest BCUT2D eigenvalue weighted by molar-refractivity contribution is 0.360. The lowest BCUT2D eigenvalue weighted by Gasteiger charge is -2.27. The number of aromatic amines is 1. The fourth-order valence-corrected chi connectivity index (χ4v) is 5.28. The molecular weight excluding hydrogens is 385 g/mol. The van der Waals surface area contributed by atoms with Crippen molar-refractivity contribution in [1.82, 2.24) is 14.9 Å². The Morgan fingerprint density at radius 3 is 2.77 bits per heavy atom. The van der Waals surface area contributed by atoms with Gasteiger partial charge in [0.1, 0.15) is 5.82 Å². The SMILES string of the molecule is Cc1c(N2CCC(C3(NCCC#N)CC3)C2)c(F)cc2c(=O)[nH]c(=O)n(C3CC3)c12. The van der Waals surface area contributed by atoms with E-state index < -0.39 is 17.1 Å². The smallest absolute Gasteiger partial charge is 0.329 e. The van der Waals surface area contributed by atoms with Crippen molar-refractivity contribution < 1.29 is 4.39 Å². The van der Waals surface area contributed by atoms with Crippen molar-refractivity contribution in [2.24, 2.45) is 5.92 Å². The molecule has 2 aromatic rings. The maximum atomic E-state index is 15.2. The van der Waals surface area contributed by atoms with E-state index in [4.69, 9.17) is 5.26 Å². The molecule has 2 heterocycles. The number of nitrogens with zero attached hydrogens (tertiary/aromatic N) is 3. The molecule has 3 fully saturated rings. The van der Waals surface area contributed by atoms with Crippen molar-refractivity contribution in [2.45, 2.75) is 57.0 Å². The molecule has 1 unspecified atom stereocenters. The number of aryl methyl sites for hydroxylation is 1. The average molecular weight is 411 g/mol. The van der Waals surface area contributed by atoms with Crippen molar-refractivity contribution >= 4 is 16.6 Å². The van der Waals surface area contributed by atoms with E-state index in [1.54, 1.807) is 4.57 Å². The largest absolute Gasteiger partial charge is 0.369 e. The van der Waals surface area contributed by atoms with Crippen molar-refractivity contribution in [1.29, 1.82) is 5.26 Å². The topological polar surface area (TPSA) is 93.9 Å². The van der Waals surface area contributed by atoms with Gasteiger partial charge in [-0.25, -0.2) is 9.18 Å². The van der Waals surface area contributed by atoms with Crippen LogP contribution in [0.5, 0.6) is 0 Å². The molecular formula is C22H26FN5O2. The van der Waals surface area contributed by atoms with Gasteiger partial charge >= 0.3 is 5.69 Å². The molecule has 7 nitrogen and oxygen atoms in total. The first-order valence-electron chi connectivity index (χ1n) is 10.8. The number of nitrogens with one attached hydrogen (secondary N) is 2. The van der Waals surface area contributed by atoms with Crippen LogP contribution in [-0.2, 0) is 0 Å². The van der Waals surface area contributed by atoms with Crippen LogP contribution >= 0.6 is 0 Å². The Labute approximate surface area is 173 Å². The molecule has 30 heavy (non-hydrogen) atoms. The summed E-state index contributed by atoms with van der Waals surface area (Å²) in [6.45, 7) is 3.99. The van der Waals surface area contributed by atoms with Crippen LogP contribution < -0.4 is 21.5 Å². The summed E-state index contributed by atoms with van der Waals surface area (Å²) in [6, 6.07) is 3.55. The fraction of sp³-hybridized carbons (Fsp3) is 0.591. The maximum Gasteiger partial charge on any atom is 0.329 e. The van der Waals surface area contributed by atoms with Gasteiger partial charge in [0.25, 0.3) is 5.56 Å². The molecule has 158 valence electrons. The van der Waals surface area contributed by atoms with Gasteiger partial charge in [-0.3, -0.25) is 14.3 Å². The Morgan fingerprint density at radius 1 is 1.33 bits per heavy atom. The first-order valence-corrected chi connectivity index (χ1v) is 10.8. The van der Waals surface area contributed by atoms with Crippen molar-refractivity contribution in [3.05, 3.63) is 38.3 Å². The molecule has 1 aromatic carbocycles. The third-order valence-electron chi connectivity index (χ3n) is 7.09. The minimum atomic E-state index is -0.529. The Balaban J connectivity index is 1.51. The van der Waals surface area contributed by atoms with Crippen LogP contribution in [0.1, 0.15) is 50.1 Å². The summed E-state index contributed by atoms with van der Waals surface area (Å²) >= 11 is 0. The van der Waals surface area contributed by atoms with Crippen LogP contribution in [0.15, 0.2) is 15.7 Å². The van der Waals surface area contributed by atoms with E-state index in [2.05, 4.69) is 21.3 Å². The first kappa shape index (κ1) is 19.3. The van der Waals surface area contributed by atoms with E-state index in [9.17, 15) is 9.59 Å². The molecule has 3 aliphatic rings. The Kier molecular flexibility index (Phi) is 4.47. The highest BCUT2D eigenvalue weighted by molar-refractivity contribution is 5.87. The number of anilines is 1. The summed E-state index contributed by atoms with van der Waals surface area (Å²) in [5.74, 6) is -0.00933. The molecule has 8 heteroatoms. The number of hydrogen-bond donors (Lipinski definition) is 2. The van der Waals surface area contributed by atoms with E-state index in [-0.39, 0.29) is 17.0 Å². The van der Waals surface area contributed by atoms with Crippen LogP contribution in [-0.4, -0.2) is 34.7 Å². The van der Waals surface area contributed by atoms with Crippen molar-refractivity contribution in [3.8, 4) is 6.07 Å².